The monoisotopic (exact) mass is 286 g/mol. The Morgan fingerprint density at radius 2 is 1.95 bits per heavy atom. The smallest absolute Gasteiger partial charge is 0.225 e. The van der Waals surface area contributed by atoms with E-state index >= 15 is 0 Å². The normalized spacial score (nSPS) is 22.8. The number of aryl methyl sites for hydroxylation is 2. The van der Waals surface area contributed by atoms with Crippen LogP contribution in [0, 0.1) is 19.8 Å². The van der Waals surface area contributed by atoms with Crippen molar-refractivity contribution in [3.8, 4) is 0 Å². The van der Waals surface area contributed by atoms with Gasteiger partial charge in [-0.15, -0.1) is 0 Å². The van der Waals surface area contributed by atoms with E-state index in [-0.39, 0.29) is 0 Å². The van der Waals surface area contributed by atoms with Crippen molar-refractivity contribution < 1.29 is 4.79 Å². The molecule has 1 aliphatic heterocycles. The van der Waals surface area contributed by atoms with E-state index in [4.69, 9.17) is 0 Å². The van der Waals surface area contributed by atoms with Crippen LogP contribution in [0.3, 0.4) is 0 Å². The molecule has 3 heteroatoms. The molecule has 0 aromatic heterocycles. The summed E-state index contributed by atoms with van der Waals surface area (Å²) < 4.78 is 0. The Hall–Kier alpha value is -1.51. The highest BCUT2D eigenvalue weighted by Gasteiger charge is 2.32. The van der Waals surface area contributed by atoms with E-state index in [2.05, 4.69) is 42.3 Å². The molecule has 1 N–H and O–H groups in total. The van der Waals surface area contributed by atoms with E-state index in [0.717, 1.165) is 38.8 Å². The molecule has 2 aliphatic rings. The summed E-state index contributed by atoms with van der Waals surface area (Å²) >= 11 is 0. The maximum Gasteiger partial charge on any atom is 0.225 e. The van der Waals surface area contributed by atoms with E-state index in [1.54, 1.807) is 0 Å². The number of piperidine rings is 1. The van der Waals surface area contributed by atoms with Gasteiger partial charge >= 0.3 is 0 Å². The molecule has 1 saturated carbocycles. The van der Waals surface area contributed by atoms with Crippen LogP contribution in [-0.4, -0.2) is 29.9 Å². The first-order valence-electron chi connectivity index (χ1n) is 8.26. The van der Waals surface area contributed by atoms with Gasteiger partial charge in [-0.3, -0.25) is 4.79 Å². The van der Waals surface area contributed by atoms with Crippen molar-refractivity contribution in [1.29, 1.82) is 0 Å². The number of likely N-dealkylation sites (tertiary alicyclic amines) is 1. The van der Waals surface area contributed by atoms with Crippen LogP contribution in [-0.2, 0) is 4.79 Å². The third-order valence-electron chi connectivity index (χ3n) is 5.07. The van der Waals surface area contributed by atoms with Crippen molar-refractivity contribution in [3.63, 3.8) is 0 Å². The molecule has 0 spiro atoms. The molecule has 0 radical (unpaired) electrons. The first kappa shape index (κ1) is 14.4. The molecule has 1 heterocycles. The van der Waals surface area contributed by atoms with Crippen LogP contribution in [0.4, 0.5) is 5.69 Å². The zero-order valence-corrected chi connectivity index (χ0v) is 13.2. The van der Waals surface area contributed by atoms with Gasteiger partial charge in [-0.1, -0.05) is 12.5 Å². The Labute approximate surface area is 127 Å². The minimum Gasteiger partial charge on any atom is -0.381 e. The van der Waals surface area contributed by atoms with Gasteiger partial charge in [0, 0.05) is 30.7 Å². The van der Waals surface area contributed by atoms with Crippen LogP contribution < -0.4 is 5.32 Å². The molecule has 1 aromatic carbocycles. The standard InChI is InChI=1S/C18H26N2O/c1-13-8-9-16(11-14(13)2)19-17-7-4-10-20(12-17)18(21)15-5-3-6-15/h8-9,11,15,17,19H,3-7,10,12H2,1-2H3/t17-/m0/s1. The first-order valence-corrected chi connectivity index (χ1v) is 8.26. The molecule has 1 aromatic rings. The maximum absolute atomic E-state index is 12.4. The summed E-state index contributed by atoms with van der Waals surface area (Å²) in [6.07, 6.45) is 5.70. The van der Waals surface area contributed by atoms with Gasteiger partial charge < -0.3 is 10.2 Å². The fraction of sp³-hybridized carbons (Fsp3) is 0.611. The lowest BCUT2D eigenvalue weighted by Crippen LogP contribution is -2.48. The second-order valence-corrected chi connectivity index (χ2v) is 6.69. The molecule has 1 saturated heterocycles. The van der Waals surface area contributed by atoms with Crippen molar-refractivity contribution in [3.05, 3.63) is 29.3 Å². The number of amides is 1. The van der Waals surface area contributed by atoms with Gasteiger partial charge in [0.2, 0.25) is 5.91 Å². The lowest BCUT2D eigenvalue weighted by molar-refractivity contribution is -0.139. The van der Waals surface area contributed by atoms with Gasteiger partial charge in [-0.05, 0) is 62.8 Å². The number of carbonyl (C=O) groups excluding carboxylic acids is 1. The molecule has 1 amide bonds. The summed E-state index contributed by atoms with van der Waals surface area (Å²) in [6.45, 7) is 6.09. The van der Waals surface area contributed by atoms with E-state index in [9.17, 15) is 4.79 Å². The van der Waals surface area contributed by atoms with E-state index in [0.29, 0.717) is 17.9 Å². The number of nitrogens with one attached hydrogen (secondary N) is 1. The van der Waals surface area contributed by atoms with E-state index in [1.165, 1.54) is 23.2 Å². The summed E-state index contributed by atoms with van der Waals surface area (Å²) in [5.74, 6) is 0.721. The molecule has 1 atom stereocenters. The number of nitrogens with zero attached hydrogens (tertiary/aromatic N) is 1. The first-order chi connectivity index (χ1) is 10.1. The number of hydrogen-bond acceptors (Lipinski definition) is 2. The zero-order valence-electron chi connectivity index (χ0n) is 13.2. The number of carbonyl (C=O) groups is 1. The highest BCUT2D eigenvalue weighted by molar-refractivity contribution is 5.79. The molecule has 1 aliphatic carbocycles. The minimum atomic E-state index is 0.324. The average molecular weight is 286 g/mol. The lowest BCUT2D eigenvalue weighted by Gasteiger charge is -2.37. The predicted octanol–water partition coefficient (Wildman–Crippen LogP) is 3.51. The molecule has 21 heavy (non-hydrogen) atoms. The van der Waals surface area contributed by atoms with Gasteiger partial charge in [0.15, 0.2) is 0 Å². The summed E-state index contributed by atoms with van der Waals surface area (Å²) in [6, 6.07) is 6.92. The Morgan fingerprint density at radius 1 is 1.14 bits per heavy atom. The van der Waals surface area contributed by atoms with Gasteiger partial charge in [0.1, 0.15) is 0 Å². The molecular formula is C18H26N2O. The minimum absolute atomic E-state index is 0.324. The van der Waals surface area contributed by atoms with Crippen molar-refractivity contribution in [2.45, 2.75) is 52.0 Å². The van der Waals surface area contributed by atoms with Crippen molar-refractivity contribution in [2.75, 3.05) is 18.4 Å². The SMILES string of the molecule is Cc1ccc(N[C@H]2CCCN(C(=O)C3CCC3)C2)cc1C. The van der Waals surface area contributed by atoms with Crippen LogP contribution in [0.25, 0.3) is 0 Å². The summed E-state index contributed by atoms with van der Waals surface area (Å²) in [7, 11) is 0. The van der Waals surface area contributed by atoms with Crippen LogP contribution in [0.5, 0.6) is 0 Å². The van der Waals surface area contributed by atoms with Crippen LogP contribution in [0.1, 0.15) is 43.2 Å². The lowest BCUT2D eigenvalue weighted by atomic mass is 9.84. The second kappa shape index (κ2) is 6.08. The summed E-state index contributed by atoms with van der Waals surface area (Å²) in [4.78, 5) is 14.5. The van der Waals surface area contributed by atoms with Crippen molar-refractivity contribution in [1.82, 2.24) is 4.90 Å². The van der Waals surface area contributed by atoms with Crippen LogP contribution >= 0.6 is 0 Å². The van der Waals surface area contributed by atoms with Gasteiger partial charge in [0.25, 0.3) is 0 Å². The second-order valence-electron chi connectivity index (χ2n) is 6.69. The Morgan fingerprint density at radius 3 is 2.62 bits per heavy atom. The van der Waals surface area contributed by atoms with E-state index < -0.39 is 0 Å². The summed E-state index contributed by atoms with van der Waals surface area (Å²) in [5, 5.41) is 3.61. The highest BCUT2D eigenvalue weighted by Crippen LogP contribution is 2.29. The van der Waals surface area contributed by atoms with Gasteiger partial charge in [0.05, 0.1) is 0 Å². The average Bonchev–Trinajstić information content (AvgIpc) is 2.41. The predicted molar refractivity (Wildman–Crippen MR) is 86.5 cm³/mol. The number of hydrogen-bond donors (Lipinski definition) is 1. The molecule has 0 unspecified atom stereocenters. The molecular weight excluding hydrogens is 260 g/mol. The van der Waals surface area contributed by atoms with E-state index in [1.807, 2.05) is 0 Å². The number of benzene rings is 1. The number of rotatable bonds is 3. The Balaban J connectivity index is 1.60. The van der Waals surface area contributed by atoms with Crippen LogP contribution in [0.15, 0.2) is 18.2 Å². The maximum atomic E-state index is 12.4. The molecule has 3 nitrogen and oxygen atoms in total. The zero-order chi connectivity index (χ0) is 14.8. The topological polar surface area (TPSA) is 32.3 Å². The third kappa shape index (κ3) is 3.22. The van der Waals surface area contributed by atoms with Crippen molar-refractivity contribution >= 4 is 11.6 Å². The molecule has 3 rings (SSSR count). The largest absolute Gasteiger partial charge is 0.381 e. The Kier molecular flexibility index (Phi) is 4.18. The fourth-order valence-electron chi connectivity index (χ4n) is 3.28. The quantitative estimate of drug-likeness (QED) is 0.922. The molecule has 0 bridgehead atoms. The van der Waals surface area contributed by atoms with Gasteiger partial charge in [-0.25, -0.2) is 0 Å². The Bertz CT molecular complexity index is 522. The highest BCUT2D eigenvalue weighted by atomic mass is 16.2. The molecule has 114 valence electrons. The van der Waals surface area contributed by atoms with Crippen LogP contribution in [0.2, 0.25) is 0 Å². The number of anilines is 1. The summed E-state index contributed by atoms with van der Waals surface area (Å²) in [5.41, 5.74) is 3.82. The molecule has 2 fully saturated rings. The fourth-order valence-corrected chi connectivity index (χ4v) is 3.28. The third-order valence-corrected chi connectivity index (χ3v) is 5.07. The van der Waals surface area contributed by atoms with Gasteiger partial charge in [-0.2, -0.15) is 0 Å². The van der Waals surface area contributed by atoms with Crippen molar-refractivity contribution in [2.24, 2.45) is 5.92 Å².